The fourth-order valence-electron chi connectivity index (χ4n) is 7.47. The molecule has 0 radical (unpaired) electrons. The van der Waals surface area contributed by atoms with Gasteiger partial charge in [-0.15, -0.1) is 0 Å². The molecule has 0 saturated carbocycles. The first-order chi connectivity index (χ1) is 26.3. The summed E-state index contributed by atoms with van der Waals surface area (Å²) in [4.78, 5) is 0. The molecule has 7 rings (SSSR count). The molecule has 0 aromatic heterocycles. The molecule has 0 aliphatic carbocycles. The normalized spacial score (nSPS) is 28.6. The monoisotopic (exact) mass is 768 g/mol. The van der Waals surface area contributed by atoms with Gasteiger partial charge in [0.2, 0.25) is 0 Å². The number of fused-ring (bicyclic) bond motifs is 2. The van der Waals surface area contributed by atoms with Gasteiger partial charge in [0.1, 0.15) is 71.1 Å². The molecular formula is C38H40O17. The van der Waals surface area contributed by atoms with Gasteiger partial charge in [0.15, 0.2) is 41.5 Å². The van der Waals surface area contributed by atoms with Crippen LogP contribution in [0.25, 0.3) is 0 Å². The van der Waals surface area contributed by atoms with E-state index < -0.39 is 84.9 Å². The van der Waals surface area contributed by atoms with Crippen molar-refractivity contribution in [1.82, 2.24) is 0 Å². The van der Waals surface area contributed by atoms with Crippen LogP contribution in [0.3, 0.4) is 0 Å². The minimum absolute atomic E-state index is 0.0307. The molecule has 4 aromatic carbocycles. The Labute approximate surface area is 312 Å². The van der Waals surface area contributed by atoms with Gasteiger partial charge < -0.3 is 84.6 Å². The molecule has 17 heteroatoms. The number of benzene rings is 4. The summed E-state index contributed by atoms with van der Waals surface area (Å²) in [6, 6.07) is 11.7. The van der Waals surface area contributed by atoms with Gasteiger partial charge >= 0.3 is 0 Å². The second-order valence-corrected chi connectivity index (χ2v) is 13.5. The number of aliphatic hydroxyl groups excluding tert-OH is 5. The summed E-state index contributed by atoms with van der Waals surface area (Å²) in [7, 11) is 2.65. The summed E-state index contributed by atoms with van der Waals surface area (Å²) < 4.78 is 35.1. The minimum Gasteiger partial charge on any atom is -0.508 e. The molecule has 0 bridgehead atoms. The van der Waals surface area contributed by atoms with Crippen LogP contribution in [0.2, 0.25) is 0 Å². The summed E-state index contributed by atoms with van der Waals surface area (Å²) in [5, 5.41) is 119. The van der Waals surface area contributed by atoms with E-state index in [4.69, 9.17) is 28.4 Å². The summed E-state index contributed by atoms with van der Waals surface area (Å²) in [5.41, 5.74) is 0.463. The smallest absolute Gasteiger partial charge is 0.187 e. The maximum Gasteiger partial charge on any atom is 0.187 e. The van der Waals surface area contributed by atoms with Gasteiger partial charge in [-0.25, -0.2) is 0 Å². The molecule has 55 heavy (non-hydrogen) atoms. The zero-order chi connectivity index (χ0) is 39.5. The second-order valence-electron chi connectivity index (χ2n) is 13.5. The van der Waals surface area contributed by atoms with Crippen molar-refractivity contribution in [3.63, 3.8) is 0 Å². The third-order valence-electron chi connectivity index (χ3n) is 10.2. The summed E-state index contributed by atoms with van der Waals surface area (Å²) in [6.07, 6.45) is -13.8. The molecule has 0 spiro atoms. The lowest BCUT2D eigenvalue weighted by Crippen LogP contribution is -2.60. The van der Waals surface area contributed by atoms with E-state index >= 15 is 0 Å². The predicted octanol–water partition coefficient (Wildman–Crippen LogP) is 1.43. The Hall–Kier alpha value is -5.40. The van der Waals surface area contributed by atoms with E-state index in [9.17, 15) is 56.2 Å². The van der Waals surface area contributed by atoms with Crippen LogP contribution in [0.15, 0.2) is 54.6 Å². The molecule has 0 amide bonds. The maximum absolute atomic E-state index is 12.2. The van der Waals surface area contributed by atoms with Crippen LogP contribution >= 0.6 is 0 Å². The number of aliphatic hydroxyl groups is 5. The van der Waals surface area contributed by atoms with Crippen molar-refractivity contribution in [3.05, 3.63) is 82.4 Å². The third kappa shape index (κ3) is 6.58. The van der Waals surface area contributed by atoms with E-state index in [0.29, 0.717) is 11.1 Å². The van der Waals surface area contributed by atoms with E-state index in [1.54, 1.807) is 0 Å². The number of aromatic hydroxyl groups is 6. The molecule has 17 nitrogen and oxygen atoms in total. The fourth-order valence-corrected chi connectivity index (χ4v) is 7.47. The molecule has 3 aliphatic heterocycles. The highest BCUT2D eigenvalue weighted by Crippen LogP contribution is 2.57. The number of phenols is 6. The molecule has 5 unspecified atom stereocenters. The standard InChI is InChI=1S/C38H40O17/c1-50-23-7-14(3-5-18(23)41)35-26(53-38-34(49)33(48)31(46)27(13-39)54-38)11-17-20(43)12-22(45)29(37(17)55-35)30-28-21(44)9-16(40)10-25(28)52-36(32(30)47)15-4-6-19(42)24(8-15)51-2/h3-10,12,26-27,30-36,38-49H,11,13H2,1-2H3/t26?,27-,30?,31-,32?,33+,34-,35?,36?,38-/m1/s1. The Balaban J connectivity index is 1.39. The molecular weight excluding hydrogens is 728 g/mol. The number of rotatable bonds is 8. The van der Waals surface area contributed by atoms with Gasteiger partial charge in [-0.3, -0.25) is 0 Å². The Morgan fingerprint density at radius 3 is 1.87 bits per heavy atom. The Morgan fingerprint density at radius 2 is 1.25 bits per heavy atom. The number of ether oxygens (including phenoxy) is 6. The quantitative estimate of drug-likeness (QED) is 0.121. The van der Waals surface area contributed by atoms with Gasteiger partial charge in [-0.05, 0) is 35.4 Å². The van der Waals surface area contributed by atoms with E-state index in [1.165, 1.54) is 56.7 Å². The summed E-state index contributed by atoms with van der Waals surface area (Å²) in [5.74, 6) is -3.89. The molecule has 4 aromatic rings. The average molecular weight is 769 g/mol. The Kier molecular flexibility index (Phi) is 10.1. The lowest BCUT2D eigenvalue weighted by molar-refractivity contribution is -0.317. The highest BCUT2D eigenvalue weighted by atomic mass is 16.7. The van der Waals surface area contributed by atoms with E-state index in [0.717, 1.165) is 12.1 Å². The summed E-state index contributed by atoms with van der Waals surface area (Å²) >= 11 is 0. The van der Waals surface area contributed by atoms with Gasteiger partial charge in [-0.1, -0.05) is 12.1 Å². The number of phenolic OH excluding ortho intramolecular Hbond substituents is 6. The molecule has 3 aliphatic rings. The van der Waals surface area contributed by atoms with Crippen molar-refractivity contribution in [3.8, 4) is 57.5 Å². The first kappa shape index (κ1) is 37.9. The average Bonchev–Trinajstić information content (AvgIpc) is 3.16. The summed E-state index contributed by atoms with van der Waals surface area (Å²) in [6.45, 7) is -0.728. The van der Waals surface area contributed by atoms with Crippen molar-refractivity contribution in [1.29, 1.82) is 0 Å². The maximum atomic E-state index is 12.2. The van der Waals surface area contributed by atoms with Crippen LogP contribution in [-0.4, -0.2) is 120 Å². The highest BCUT2D eigenvalue weighted by Gasteiger charge is 2.49. The Morgan fingerprint density at radius 1 is 0.636 bits per heavy atom. The molecule has 11 N–H and O–H groups in total. The largest absolute Gasteiger partial charge is 0.508 e. The van der Waals surface area contributed by atoms with Gasteiger partial charge in [-0.2, -0.15) is 0 Å². The van der Waals surface area contributed by atoms with Gasteiger partial charge in [0, 0.05) is 41.3 Å². The number of methoxy groups -OCH3 is 2. The zero-order valence-electron chi connectivity index (χ0n) is 29.3. The van der Waals surface area contributed by atoms with Crippen LogP contribution in [0.4, 0.5) is 0 Å². The van der Waals surface area contributed by atoms with E-state index in [-0.39, 0.29) is 63.4 Å². The van der Waals surface area contributed by atoms with Crippen molar-refractivity contribution < 1.29 is 84.6 Å². The Bertz CT molecular complexity index is 2070. The van der Waals surface area contributed by atoms with E-state index in [1.807, 2.05) is 0 Å². The first-order valence-electron chi connectivity index (χ1n) is 17.1. The molecule has 294 valence electrons. The number of hydrogen-bond acceptors (Lipinski definition) is 17. The van der Waals surface area contributed by atoms with Gasteiger partial charge in [0.25, 0.3) is 0 Å². The predicted molar refractivity (Wildman–Crippen MR) is 186 cm³/mol. The lowest BCUT2D eigenvalue weighted by Gasteiger charge is -2.44. The van der Waals surface area contributed by atoms with Crippen LogP contribution < -0.4 is 18.9 Å². The molecule has 3 heterocycles. The van der Waals surface area contributed by atoms with Crippen molar-refractivity contribution in [2.45, 2.75) is 67.5 Å². The lowest BCUT2D eigenvalue weighted by atomic mass is 9.77. The van der Waals surface area contributed by atoms with Gasteiger partial charge in [0.05, 0.1) is 26.7 Å². The molecule has 1 saturated heterocycles. The minimum atomic E-state index is -1.80. The fraction of sp³-hybridized carbons (Fsp3) is 0.368. The van der Waals surface area contributed by atoms with E-state index in [2.05, 4.69) is 0 Å². The van der Waals surface area contributed by atoms with Crippen LogP contribution in [-0.2, 0) is 15.9 Å². The molecule has 1 fully saturated rings. The third-order valence-corrected chi connectivity index (χ3v) is 10.2. The van der Waals surface area contributed by atoms with Crippen LogP contribution in [0.1, 0.15) is 45.9 Å². The van der Waals surface area contributed by atoms with Crippen LogP contribution in [0.5, 0.6) is 57.5 Å². The van der Waals surface area contributed by atoms with Crippen LogP contribution in [0, 0.1) is 0 Å². The topological polar surface area (TPSA) is 278 Å². The number of hydrogen-bond donors (Lipinski definition) is 11. The van der Waals surface area contributed by atoms with Crippen molar-refractivity contribution in [2.24, 2.45) is 0 Å². The van der Waals surface area contributed by atoms with Crippen molar-refractivity contribution in [2.75, 3.05) is 20.8 Å². The van der Waals surface area contributed by atoms with Crippen molar-refractivity contribution >= 4 is 0 Å². The SMILES string of the molecule is COc1cc(C2Oc3c(c(O)cc(O)c3C3c4c(O)cc(O)cc4OC(c4ccc(O)c(OC)c4)C3O)CC2O[C@@H]2O[C@H](CO)[C@@H](O)[C@H](O)[C@H]2O)ccc1O. The highest BCUT2D eigenvalue weighted by molar-refractivity contribution is 5.66. The zero-order valence-corrected chi connectivity index (χ0v) is 29.3. The second kappa shape index (κ2) is 14.7. The molecule has 10 atom stereocenters. The first-order valence-corrected chi connectivity index (χ1v) is 17.1.